The van der Waals surface area contributed by atoms with Crippen molar-refractivity contribution in [2.24, 2.45) is 0 Å². The Balaban J connectivity index is 0.00000162. The fourth-order valence-electron chi connectivity index (χ4n) is 1.95. The van der Waals surface area contributed by atoms with E-state index >= 15 is 0 Å². The van der Waals surface area contributed by atoms with Crippen LogP contribution in [0.15, 0.2) is 18.3 Å². The van der Waals surface area contributed by atoms with Crippen LogP contribution in [-0.4, -0.2) is 23.0 Å². The Hall–Kier alpha value is -0.910. The monoisotopic (exact) mass is 309 g/mol. The van der Waals surface area contributed by atoms with Crippen LogP contribution >= 0.6 is 24.8 Å². The van der Waals surface area contributed by atoms with Crippen molar-refractivity contribution in [3.05, 3.63) is 24.1 Å². The number of hydrogen-bond donors (Lipinski definition) is 2. The summed E-state index contributed by atoms with van der Waals surface area (Å²) in [5.74, 6) is -0.147. The van der Waals surface area contributed by atoms with Crippen LogP contribution in [0.3, 0.4) is 0 Å². The molecule has 1 aliphatic rings. The minimum absolute atomic E-state index is 0. The van der Waals surface area contributed by atoms with Gasteiger partial charge in [0.1, 0.15) is 11.6 Å². The minimum atomic E-state index is -0.547. The molecule has 0 aliphatic carbocycles. The second-order valence-corrected chi connectivity index (χ2v) is 4.53. The molecule has 0 bridgehead atoms. The van der Waals surface area contributed by atoms with Crippen LogP contribution < -0.4 is 10.6 Å². The van der Waals surface area contributed by atoms with Crippen molar-refractivity contribution in [3.63, 3.8) is 0 Å². The fraction of sp³-hybridized carbons (Fsp3) is 0.500. The third kappa shape index (κ3) is 4.60. The number of halogens is 3. The van der Waals surface area contributed by atoms with Gasteiger partial charge in [0.15, 0.2) is 0 Å². The molecule has 1 aromatic heterocycles. The number of amides is 1. The van der Waals surface area contributed by atoms with Crippen molar-refractivity contribution in [2.45, 2.75) is 31.7 Å². The molecule has 1 aromatic rings. The van der Waals surface area contributed by atoms with Crippen molar-refractivity contribution >= 4 is 36.5 Å². The van der Waals surface area contributed by atoms with E-state index in [-0.39, 0.29) is 30.7 Å². The van der Waals surface area contributed by atoms with Crippen molar-refractivity contribution in [1.29, 1.82) is 0 Å². The number of anilines is 1. The van der Waals surface area contributed by atoms with E-state index in [2.05, 4.69) is 15.6 Å². The molecular formula is C12H18Cl2FN3O. The van der Waals surface area contributed by atoms with Gasteiger partial charge in [0, 0.05) is 0 Å². The Morgan fingerprint density at radius 2 is 2.16 bits per heavy atom. The summed E-state index contributed by atoms with van der Waals surface area (Å²) in [6.45, 7) is 2.73. The molecule has 108 valence electrons. The summed E-state index contributed by atoms with van der Waals surface area (Å²) in [4.78, 5) is 15.9. The standard InChI is InChI=1S/C12H16FN3O.2ClH/c1-12(6-2-3-7-15-12)11(17)16-10-5-4-9(13)8-14-10;;/h4-5,8,15H,2-3,6-7H2,1H3,(H,14,16,17);2*1H. The first-order valence-corrected chi connectivity index (χ1v) is 5.78. The molecule has 7 heteroatoms. The number of piperidine rings is 1. The molecule has 19 heavy (non-hydrogen) atoms. The van der Waals surface area contributed by atoms with Gasteiger partial charge < -0.3 is 10.6 Å². The van der Waals surface area contributed by atoms with Gasteiger partial charge in [-0.25, -0.2) is 9.37 Å². The predicted molar refractivity (Wildman–Crippen MR) is 77.6 cm³/mol. The molecule has 1 unspecified atom stereocenters. The molecule has 1 amide bonds. The number of carbonyl (C=O) groups is 1. The Labute approximate surface area is 124 Å². The zero-order valence-electron chi connectivity index (χ0n) is 10.6. The van der Waals surface area contributed by atoms with E-state index in [4.69, 9.17) is 0 Å². The van der Waals surface area contributed by atoms with Crippen molar-refractivity contribution in [3.8, 4) is 0 Å². The molecule has 0 spiro atoms. The average Bonchev–Trinajstić information content (AvgIpc) is 2.33. The first-order valence-electron chi connectivity index (χ1n) is 5.78. The molecule has 2 rings (SSSR count). The second kappa shape index (κ2) is 7.62. The van der Waals surface area contributed by atoms with E-state index in [0.29, 0.717) is 5.82 Å². The Kier molecular flexibility index (Phi) is 7.26. The zero-order valence-corrected chi connectivity index (χ0v) is 12.2. The third-order valence-electron chi connectivity index (χ3n) is 3.09. The van der Waals surface area contributed by atoms with Gasteiger partial charge >= 0.3 is 0 Å². The van der Waals surface area contributed by atoms with Crippen LogP contribution in [0.4, 0.5) is 10.2 Å². The molecule has 1 aliphatic heterocycles. The van der Waals surface area contributed by atoms with Gasteiger partial charge in [-0.3, -0.25) is 4.79 Å². The number of pyridine rings is 1. The molecule has 0 radical (unpaired) electrons. The number of nitrogens with zero attached hydrogens (tertiary/aromatic N) is 1. The minimum Gasteiger partial charge on any atom is -0.309 e. The number of nitrogens with one attached hydrogen (secondary N) is 2. The lowest BCUT2D eigenvalue weighted by atomic mass is 9.90. The summed E-state index contributed by atoms with van der Waals surface area (Å²) in [7, 11) is 0. The highest BCUT2D eigenvalue weighted by Crippen LogP contribution is 2.20. The molecular weight excluding hydrogens is 292 g/mol. The second-order valence-electron chi connectivity index (χ2n) is 4.53. The van der Waals surface area contributed by atoms with Crippen LogP contribution in [0.2, 0.25) is 0 Å². The topological polar surface area (TPSA) is 54.0 Å². The van der Waals surface area contributed by atoms with Gasteiger partial charge in [-0.15, -0.1) is 24.8 Å². The first kappa shape index (κ1) is 18.1. The maximum atomic E-state index is 12.7. The summed E-state index contributed by atoms with van der Waals surface area (Å²) >= 11 is 0. The van der Waals surface area contributed by atoms with Gasteiger partial charge in [0.05, 0.1) is 11.7 Å². The van der Waals surface area contributed by atoms with Crippen molar-refractivity contribution < 1.29 is 9.18 Å². The third-order valence-corrected chi connectivity index (χ3v) is 3.09. The molecule has 1 saturated heterocycles. The molecule has 1 atom stereocenters. The summed E-state index contributed by atoms with van der Waals surface area (Å²) < 4.78 is 12.7. The highest BCUT2D eigenvalue weighted by Gasteiger charge is 2.34. The summed E-state index contributed by atoms with van der Waals surface area (Å²) in [5.41, 5.74) is -0.547. The molecule has 2 N–H and O–H groups in total. The smallest absolute Gasteiger partial charge is 0.245 e. The van der Waals surface area contributed by atoms with Gasteiger partial charge in [0.2, 0.25) is 5.91 Å². The largest absolute Gasteiger partial charge is 0.309 e. The number of carbonyl (C=O) groups excluding carboxylic acids is 1. The summed E-state index contributed by atoms with van der Waals surface area (Å²) in [6, 6.07) is 2.73. The Bertz CT molecular complexity index is 408. The van der Waals surface area contributed by atoms with Crippen LogP contribution in [0, 0.1) is 5.82 Å². The van der Waals surface area contributed by atoms with Crippen LogP contribution in [0.5, 0.6) is 0 Å². The lowest BCUT2D eigenvalue weighted by Gasteiger charge is -2.33. The van der Waals surface area contributed by atoms with E-state index in [1.165, 1.54) is 12.1 Å². The van der Waals surface area contributed by atoms with E-state index in [9.17, 15) is 9.18 Å². The summed E-state index contributed by atoms with van der Waals surface area (Å²) in [5, 5.41) is 5.91. The lowest BCUT2D eigenvalue weighted by Crippen LogP contribution is -2.54. The van der Waals surface area contributed by atoms with E-state index < -0.39 is 11.4 Å². The van der Waals surface area contributed by atoms with Crippen molar-refractivity contribution in [1.82, 2.24) is 10.3 Å². The number of hydrogen-bond acceptors (Lipinski definition) is 3. The zero-order chi connectivity index (χ0) is 12.3. The van der Waals surface area contributed by atoms with E-state index in [0.717, 1.165) is 32.0 Å². The molecule has 0 aromatic carbocycles. The van der Waals surface area contributed by atoms with E-state index in [1.54, 1.807) is 0 Å². The highest BCUT2D eigenvalue weighted by atomic mass is 35.5. The van der Waals surface area contributed by atoms with Crippen LogP contribution in [-0.2, 0) is 4.79 Å². The average molecular weight is 310 g/mol. The van der Waals surface area contributed by atoms with Gasteiger partial charge in [0.25, 0.3) is 0 Å². The first-order chi connectivity index (χ1) is 8.10. The normalized spacial score (nSPS) is 21.8. The predicted octanol–water partition coefficient (Wildman–Crippen LogP) is 2.54. The fourth-order valence-corrected chi connectivity index (χ4v) is 1.95. The number of rotatable bonds is 2. The highest BCUT2D eigenvalue weighted by molar-refractivity contribution is 5.97. The molecule has 4 nitrogen and oxygen atoms in total. The quantitative estimate of drug-likeness (QED) is 0.882. The maximum Gasteiger partial charge on any atom is 0.245 e. The summed E-state index contributed by atoms with van der Waals surface area (Å²) in [6.07, 6.45) is 4.03. The Morgan fingerprint density at radius 3 is 2.68 bits per heavy atom. The van der Waals surface area contributed by atoms with Crippen molar-refractivity contribution in [2.75, 3.05) is 11.9 Å². The molecule has 2 heterocycles. The maximum absolute atomic E-state index is 12.7. The van der Waals surface area contributed by atoms with Crippen LogP contribution in [0.1, 0.15) is 26.2 Å². The van der Waals surface area contributed by atoms with E-state index in [1.807, 2.05) is 6.92 Å². The lowest BCUT2D eigenvalue weighted by molar-refractivity contribution is -0.122. The molecule has 0 saturated carbocycles. The van der Waals surface area contributed by atoms with Gasteiger partial charge in [-0.05, 0) is 44.9 Å². The SMILES string of the molecule is CC1(C(=O)Nc2ccc(F)cn2)CCCCN1.Cl.Cl. The van der Waals surface area contributed by atoms with Gasteiger partial charge in [-0.2, -0.15) is 0 Å². The molecule has 1 fully saturated rings. The van der Waals surface area contributed by atoms with Gasteiger partial charge in [-0.1, -0.05) is 0 Å². The number of aromatic nitrogens is 1. The Morgan fingerprint density at radius 1 is 1.42 bits per heavy atom. The van der Waals surface area contributed by atoms with Crippen LogP contribution in [0.25, 0.3) is 0 Å².